The number of hydrogen-bond donors (Lipinski definition) is 2. The number of carbonyl (C=O) groups excluding carboxylic acids is 1. The fourth-order valence-corrected chi connectivity index (χ4v) is 2.36. The predicted molar refractivity (Wildman–Crippen MR) is 73.4 cm³/mol. The van der Waals surface area contributed by atoms with Crippen molar-refractivity contribution in [2.24, 2.45) is 0 Å². The highest BCUT2D eigenvalue weighted by molar-refractivity contribution is 5.78. The van der Waals surface area contributed by atoms with E-state index in [0.717, 1.165) is 12.8 Å². The molecule has 2 N–H and O–H groups in total. The second-order valence-electron chi connectivity index (χ2n) is 5.80. The van der Waals surface area contributed by atoms with E-state index in [1.807, 2.05) is 19.0 Å². The van der Waals surface area contributed by atoms with Crippen LogP contribution in [-0.4, -0.2) is 48.7 Å². The van der Waals surface area contributed by atoms with Gasteiger partial charge in [0.2, 0.25) is 5.91 Å². The molecule has 1 aliphatic rings. The first-order chi connectivity index (χ1) is 8.39. The lowest BCUT2D eigenvalue weighted by molar-refractivity contribution is -0.121. The molecule has 0 aromatic carbocycles. The molecule has 1 rings (SSSR count). The Balaban J connectivity index is 2.30. The van der Waals surface area contributed by atoms with E-state index in [2.05, 4.69) is 11.4 Å². The standard InChI is InChI=1S/C14H26N2O2/c1-14(18,11-16(2)3)10-15-13(17)9-12-7-5-4-6-8-12/h7,18H,4-6,8-11H2,1-3H3,(H,15,17). The summed E-state index contributed by atoms with van der Waals surface area (Å²) in [5, 5.41) is 12.9. The first-order valence-corrected chi connectivity index (χ1v) is 6.71. The van der Waals surface area contributed by atoms with Gasteiger partial charge in [-0.15, -0.1) is 0 Å². The average Bonchev–Trinajstić information content (AvgIpc) is 2.26. The minimum Gasteiger partial charge on any atom is -0.387 e. The number of allylic oxidation sites excluding steroid dienone is 1. The number of nitrogens with zero attached hydrogens (tertiary/aromatic N) is 1. The van der Waals surface area contributed by atoms with Gasteiger partial charge in [-0.25, -0.2) is 0 Å². The summed E-state index contributed by atoms with van der Waals surface area (Å²) in [5.74, 6) is 0.0159. The van der Waals surface area contributed by atoms with E-state index in [1.54, 1.807) is 6.92 Å². The van der Waals surface area contributed by atoms with E-state index >= 15 is 0 Å². The first-order valence-electron chi connectivity index (χ1n) is 6.71. The summed E-state index contributed by atoms with van der Waals surface area (Å²) in [6.07, 6.45) is 7.24. The van der Waals surface area contributed by atoms with E-state index in [9.17, 15) is 9.90 Å². The Morgan fingerprint density at radius 3 is 2.78 bits per heavy atom. The van der Waals surface area contributed by atoms with Gasteiger partial charge in [0.1, 0.15) is 0 Å². The normalized spacial score (nSPS) is 19.3. The van der Waals surface area contributed by atoms with Crippen LogP contribution < -0.4 is 5.32 Å². The van der Waals surface area contributed by atoms with Gasteiger partial charge < -0.3 is 15.3 Å². The van der Waals surface area contributed by atoms with Gasteiger partial charge in [0.25, 0.3) is 0 Å². The van der Waals surface area contributed by atoms with E-state index < -0.39 is 5.60 Å². The number of rotatable bonds is 6. The smallest absolute Gasteiger partial charge is 0.224 e. The maximum atomic E-state index is 11.8. The highest BCUT2D eigenvalue weighted by Gasteiger charge is 2.22. The number of amides is 1. The van der Waals surface area contributed by atoms with Crippen LogP contribution in [0.25, 0.3) is 0 Å². The maximum Gasteiger partial charge on any atom is 0.224 e. The molecule has 0 aliphatic heterocycles. The predicted octanol–water partition coefficient (Wildman–Crippen LogP) is 1.31. The van der Waals surface area contributed by atoms with Crippen molar-refractivity contribution in [2.45, 2.75) is 44.6 Å². The van der Waals surface area contributed by atoms with Gasteiger partial charge in [-0.1, -0.05) is 11.6 Å². The highest BCUT2D eigenvalue weighted by atomic mass is 16.3. The summed E-state index contributed by atoms with van der Waals surface area (Å²) in [6.45, 7) is 2.58. The molecule has 0 fully saturated rings. The molecule has 1 atom stereocenters. The van der Waals surface area contributed by atoms with Crippen molar-refractivity contribution < 1.29 is 9.90 Å². The maximum absolute atomic E-state index is 11.8. The van der Waals surface area contributed by atoms with Crippen LogP contribution in [0.2, 0.25) is 0 Å². The third-order valence-corrected chi connectivity index (χ3v) is 3.10. The molecule has 0 bridgehead atoms. The Morgan fingerprint density at radius 2 is 2.22 bits per heavy atom. The van der Waals surface area contributed by atoms with Crippen LogP contribution in [0.4, 0.5) is 0 Å². The van der Waals surface area contributed by atoms with Crippen molar-refractivity contribution in [3.63, 3.8) is 0 Å². The molecule has 0 aromatic heterocycles. The van der Waals surface area contributed by atoms with Crippen LogP contribution in [-0.2, 0) is 4.79 Å². The quantitative estimate of drug-likeness (QED) is 0.703. The monoisotopic (exact) mass is 254 g/mol. The second-order valence-corrected chi connectivity index (χ2v) is 5.80. The average molecular weight is 254 g/mol. The second kappa shape index (κ2) is 6.90. The minimum atomic E-state index is -0.875. The van der Waals surface area contributed by atoms with Gasteiger partial charge in [-0.3, -0.25) is 4.79 Å². The lowest BCUT2D eigenvalue weighted by Crippen LogP contribution is -2.47. The lowest BCUT2D eigenvalue weighted by atomic mass is 9.97. The van der Waals surface area contributed by atoms with Crippen LogP contribution in [0.15, 0.2) is 11.6 Å². The zero-order chi connectivity index (χ0) is 13.6. The third-order valence-electron chi connectivity index (χ3n) is 3.10. The molecule has 0 saturated heterocycles. The van der Waals surface area contributed by atoms with Crippen LogP contribution >= 0.6 is 0 Å². The zero-order valence-corrected chi connectivity index (χ0v) is 11.8. The van der Waals surface area contributed by atoms with Gasteiger partial charge >= 0.3 is 0 Å². The van der Waals surface area contributed by atoms with Crippen molar-refractivity contribution in [2.75, 3.05) is 27.2 Å². The molecular weight excluding hydrogens is 228 g/mol. The molecule has 0 heterocycles. The molecule has 1 unspecified atom stereocenters. The Bertz CT molecular complexity index is 309. The number of hydrogen-bond acceptors (Lipinski definition) is 3. The number of carbonyl (C=O) groups is 1. The van der Waals surface area contributed by atoms with Gasteiger partial charge in [-0.05, 0) is 46.7 Å². The van der Waals surface area contributed by atoms with Gasteiger partial charge in [-0.2, -0.15) is 0 Å². The van der Waals surface area contributed by atoms with Crippen LogP contribution in [0.5, 0.6) is 0 Å². The third kappa shape index (κ3) is 6.17. The molecule has 4 heteroatoms. The number of likely N-dealkylation sites (N-methyl/N-ethyl adjacent to an activating group) is 1. The minimum absolute atomic E-state index is 0.0159. The van der Waals surface area contributed by atoms with Gasteiger partial charge in [0.15, 0.2) is 0 Å². The van der Waals surface area contributed by atoms with Crippen molar-refractivity contribution >= 4 is 5.91 Å². The molecule has 0 radical (unpaired) electrons. The van der Waals surface area contributed by atoms with Crippen molar-refractivity contribution in [3.05, 3.63) is 11.6 Å². The molecule has 104 valence electrons. The SMILES string of the molecule is CN(C)CC(C)(O)CNC(=O)CC1=CCCCC1. The molecule has 0 saturated carbocycles. The van der Waals surface area contributed by atoms with Crippen molar-refractivity contribution in [1.29, 1.82) is 0 Å². The Labute approximate surface area is 110 Å². The molecule has 1 amide bonds. The molecule has 18 heavy (non-hydrogen) atoms. The molecule has 0 spiro atoms. The van der Waals surface area contributed by atoms with Gasteiger partial charge in [0, 0.05) is 19.5 Å². The topological polar surface area (TPSA) is 52.6 Å². The summed E-state index contributed by atoms with van der Waals surface area (Å²) in [4.78, 5) is 13.7. The van der Waals surface area contributed by atoms with Crippen LogP contribution in [0.3, 0.4) is 0 Å². The summed E-state index contributed by atoms with van der Waals surface area (Å²) in [6, 6.07) is 0. The molecule has 4 nitrogen and oxygen atoms in total. The molecule has 1 aliphatic carbocycles. The van der Waals surface area contributed by atoms with Crippen LogP contribution in [0.1, 0.15) is 39.0 Å². The Hall–Kier alpha value is -0.870. The summed E-state index contributed by atoms with van der Waals surface area (Å²) >= 11 is 0. The fourth-order valence-electron chi connectivity index (χ4n) is 2.36. The largest absolute Gasteiger partial charge is 0.387 e. The molecule has 0 aromatic rings. The van der Waals surface area contributed by atoms with E-state index in [4.69, 9.17) is 0 Å². The van der Waals surface area contributed by atoms with E-state index in [-0.39, 0.29) is 5.91 Å². The Morgan fingerprint density at radius 1 is 1.50 bits per heavy atom. The summed E-state index contributed by atoms with van der Waals surface area (Å²) < 4.78 is 0. The van der Waals surface area contributed by atoms with E-state index in [0.29, 0.717) is 19.5 Å². The lowest BCUT2D eigenvalue weighted by Gasteiger charge is -2.27. The first kappa shape index (κ1) is 15.2. The summed E-state index contributed by atoms with van der Waals surface area (Å²) in [7, 11) is 3.81. The fraction of sp³-hybridized carbons (Fsp3) is 0.786. The zero-order valence-electron chi connectivity index (χ0n) is 11.8. The van der Waals surface area contributed by atoms with E-state index in [1.165, 1.54) is 18.4 Å². The Kier molecular flexibility index (Phi) is 5.82. The van der Waals surface area contributed by atoms with Gasteiger partial charge in [0.05, 0.1) is 5.60 Å². The van der Waals surface area contributed by atoms with Crippen LogP contribution in [0, 0.1) is 0 Å². The van der Waals surface area contributed by atoms with Crippen molar-refractivity contribution in [1.82, 2.24) is 10.2 Å². The summed E-state index contributed by atoms with van der Waals surface area (Å²) in [5.41, 5.74) is 0.367. The number of aliphatic hydroxyl groups is 1. The number of nitrogens with one attached hydrogen (secondary N) is 1. The molecular formula is C14H26N2O2. The highest BCUT2D eigenvalue weighted by Crippen LogP contribution is 2.19. The van der Waals surface area contributed by atoms with Crippen molar-refractivity contribution in [3.8, 4) is 0 Å².